The quantitative estimate of drug-likeness (QED) is 0.460. The lowest BCUT2D eigenvalue weighted by molar-refractivity contribution is 1.09. The largest absolute Gasteiger partial charge is 0.277 e. The van der Waals surface area contributed by atoms with E-state index in [1.165, 1.54) is 9.40 Å². The maximum Gasteiger partial charge on any atom is 0.113 e. The van der Waals surface area contributed by atoms with Gasteiger partial charge in [0.05, 0.1) is 21.1 Å². The number of aromatic amines is 2. The van der Waals surface area contributed by atoms with E-state index in [9.17, 15) is 0 Å². The number of thiophene rings is 2. The Kier molecular flexibility index (Phi) is 3.12. The molecular formula is C10H7IN4S2. The Balaban J connectivity index is 0.000000107. The summed E-state index contributed by atoms with van der Waals surface area (Å²) in [5.74, 6) is 0. The Morgan fingerprint density at radius 1 is 1.12 bits per heavy atom. The van der Waals surface area contributed by atoms with Gasteiger partial charge in [-0.3, -0.25) is 10.2 Å². The Morgan fingerprint density at radius 2 is 2.00 bits per heavy atom. The van der Waals surface area contributed by atoms with Crippen LogP contribution in [-0.4, -0.2) is 20.4 Å². The average molecular weight is 374 g/mol. The van der Waals surface area contributed by atoms with Crippen LogP contribution < -0.4 is 0 Å². The van der Waals surface area contributed by atoms with E-state index in [-0.39, 0.29) is 0 Å². The maximum atomic E-state index is 4.06. The van der Waals surface area contributed by atoms with Crippen LogP contribution in [-0.2, 0) is 0 Å². The lowest BCUT2D eigenvalue weighted by atomic mass is 10.5. The van der Waals surface area contributed by atoms with Crippen molar-refractivity contribution in [2.45, 2.75) is 0 Å². The van der Waals surface area contributed by atoms with Gasteiger partial charge in [0.2, 0.25) is 0 Å². The molecule has 4 heterocycles. The highest BCUT2D eigenvalue weighted by Crippen LogP contribution is 2.22. The van der Waals surface area contributed by atoms with Gasteiger partial charge in [0, 0.05) is 0 Å². The highest BCUT2D eigenvalue weighted by Gasteiger charge is 2.00. The Labute approximate surface area is 118 Å². The highest BCUT2D eigenvalue weighted by molar-refractivity contribution is 14.1. The summed E-state index contributed by atoms with van der Waals surface area (Å²) < 4.78 is 3.62. The number of halogens is 1. The number of nitrogens with zero attached hydrogens (tertiary/aromatic N) is 2. The molecule has 0 aromatic carbocycles. The van der Waals surface area contributed by atoms with Gasteiger partial charge in [0.15, 0.2) is 0 Å². The first-order valence-electron chi connectivity index (χ1n) is 4.78. The van der Waals surface area contributed by atoms with E-state index in [4.69, 9.17) is 0 Å². The summed E-state index contributed by atoms with van der Waals surface area (Å²) in [5.41, 5.74) is 2.21. The van der Waals surface area contributed by atoms with E-state index < -0.39 is 0 Å². The van der Waals surface area contributed by atoms with E-state index in [1.807, 2.05) is 29.1 Å². The third kappa shape index (κ3) is 2.22. The SMILES string of the molecule is Ic1[nH]nc2ccsc12.c1cc2[nH]ncc2s1. The van der Waals surface area contributed by atoms with Crippen molar-refractivity contribution in [3.05, 3.63) is 32.8 Å². The second-order valence-corrected chi connectivity index (χ2v) is 6.18. The first-order chi connectivity index (χ1) is 8.34. The predicted octanol–water partition coefficient (Wildman–Crippen LogP) is 3.85. The molecule has 0 fully saturated rings. The van der Waals surface area contributed by atoms with Gasteiger partial charge in [-0.25, -0.2) is 0 Å². The number of H-pyrrole nitrogens is 2. The van der Waals surface area contributed by atoms with Crippen molar-refractivity contribution >= 4 is 65.7 Å². The zero-order chi connectivity index (χ0) is 11.7. The van der Waals surface area contributed by atoms with Crippen LogP contribution in [0.2, 0.25) is 0 Å². The number of nitrogens with one attached hydrogen (secondary N) is 2. The van der Waals surface area contributed by atoms with E-state index in [0.29, 0.717) is 0 Å². The molecule has 0 amide bonds. The van der Waals surface area contributed by atoms with Crippen LogP contribution in [0.3, 0.4) is 0 Å². The summed E-state index contributed by atoms with van der Waals surface area (Å²) in [5, 5.41) is 17.8. The third-order valence-electron chi connectivity index (χ3n) is 2.18. The standard InChI is InChI=1S/C5H3IN2S.C5H4N2S/c6-5-4-3(7-8-5)1-2-9-4;1-2-8-5-3-6-7-4(1)5/h1-2H,(H,7,8);1-3H,(H,6,7). The van der Waals surface area contributed by atoms with Gasteiger partial charge in [-0.15, -0.1) is 22.7 Å². The molecule has 0 spiro atoms. The topological polar surface area (TPSA) is 57.4 Å². The summed E-state index contributed by atoms with van der Waals surface area (Å²) in [6, 6.07) is 4.03. The minimum absolute atomic E-state index is 1.07. The molecule has 7 heteroatoms. The lowest BCUT2D eigenvalue weighted by Gasteiger charge is -1.72. The summed E-state index contributed by atoms with van der Waals surface area (Å²) >= 11 is 5.66. The van der Waals surface area contributed by atoms with Crippen molar-refractivity contribution in [3.63, 3.8) is 0 Å². The van der Waals surface area contributed by atoms with E-state index >= 15 is 0 Å². The van der Waals surface area contributed by atoms with E-state index in [2.05, 4.69) is 43.0 Å². The van der Waals surface area contributed by atoms with Crippen molar-refractivity contribution in [1.82, 2.24) is 20.4 Å². The summed E-state index contributed by atoms with van der Waals surface area (Å²) in [6.45, 7) is 0. The number of fused-ring (bicyclic) bond motifs is 2. The van der Waals surface area contributed by atoms with Gasteiger partial charge in [-0.1, -0.05) is 0 Å². The minimum Gasteiger partial charge on any atom is -0.277 e. The van der Waals surface area contributed by atoms with Crippen LogP contribution in [0.25, 0.3) is 20.4 Å². The van der Waals surface area contributed by atoms with Crippen LogP contribution in [0.15, 0.2) is 29.1 Å². The molecule has 0 saturated heterocycles. The van der Waals surface area contributed by atoms with E-state index in [1.54, 1.807) is 22.7 Å². The summed E-state index contributed by atoms with van der Waals surface area (Å²) in [4.78, 5) is 0. The third-order valence-corrected chi connectivity index (χ3v) is 5.10. The molecule has 0 aliphatic heterocycles. The zero-order valence-corrected chi connectivity index (χ0v) is 12.3. The van der Waals surface area contributed by atoms with Crippen LogP contribution in [0.1, 0.15) is 0 Å². The fraction of sp³-hybridized carbons (Fsp3) is 0. The molecule has 0 bridgehead atoms. The average Bonchev–Trinajstić information content (AvgIpc) is 3.00. The second-order valence-electron chi connectivity index (χ2n) is 3.24. The molecule has 0 atom stereocenters. The fourth-order valence-corrected chi connectivity index (χ4v) is 3.59. The van der Waals surface area contributed by atoms with Crippen molar-refractivity contribution in [3.8, 4) is 0 Å². The number of hydrogen-bond donors (Lipinski definition) is 2. The lowest BCUT2D eigenvalue weighted by Crippen LogP contribution is -1.66. The Bertz CT molecular complexity index is 684. The molecular weight excluding hydrogens is 367 g/mol. The van der Waals surface area contributed by atoms with Gasteiger partial charge < -0.3 is 0 Å². The van der Waals surface area contributed by atoms with Gasteiger partial charge in [-0.05, 0) is 45.5 Å². The van der Waals surface area contributed by atoms with Crippen LogP contribution in [0.4, 0.5) is 0 Å². The molecule has 0 radical (unpaired) electrons. The smallest absolute Gasteiger partial charge is 0.113 e. The van der Waals surface area contributed by atoms with Crippen LogP contribution in [0, 0.1) is 3.70 Å². The van der Waals surface area contributed by atoms with Crippen molar-refractivity contribution in [1.29, 1.82) is 0 Å². The van der Waals surface area contributed by atoms with E-state index in [0.717, 1.165) is 14.7 Å². The molecule has 0 unspecified atom stereocenters. The molecule has 86 valence electrons. The first kappa shape index (κ1) is 11.2. The first-order valence-corrected chi connectivity index (χ1v) is 7.62. The zero-order valence-electron chi connectivity index (χ0n) is 8.48. The molecule has 0 aliphatic carbocycles. The Hall–Kier alpha value is -0.930. The molecule has 17 heavy (non-hydrogen) atoms. The molecule has 4 rings (SSSR count). The number of aromatic nitrogens is 4. The van der Waals surface area contributed by atoms with Crippen LogP contribution in [0.5, 0.6) is 0 Å². The fourth-order valence-electron chi connectivity index (χ4n) is 1.39. The summed E-state index contributed by atoms with van der Waals surface area (Å²) in [6.07, 6.45) is 1.83. The molecule has 0 saturated carbocycles. The molecule has 4 aromatic heterocycles. The van der Waals surface area contributed by atoms with Crippen LogP contribution >= 0.6 is 45.3 Å². The van der Waals surface area contributed by atoms with Gasteiger partial charge in [0.25, 0.3) is 0 Å². The molecule has 0 aliphatic rings. The van der Waals surface area contributed by atoms with Gasteiger partial charge in [-0.2, -0.15) is 10.2 Å². The maximum absolute atomic E-state index is 4.06. The number of hydrogen-bond acceptors (Lipinski definition) is 4. The normalized spacial score (nSPS) is 10.6. The Morgan fingerprint density at radius 3 is 2.82 bits per heavy atom. The van der Waals surface area contributed by atoms with Crippen molar-refractivity contribution in [2.75, 3.05) is 0 Å². The molecule has 2 N–H and O–H groups in total. The van der Waals surface area contributed by atoms with Gasteiger partial charge >= 0.3 is 0 Å². The predicted molar refractivity (Wildman–Crippen MR) is 80.7 cm³/mol. The monoisotopic (exact) mass is 374 g/mol. The minimum atomic E-state index is 1.07. The molecule has 4 nitrogen and oxygen atoms in total. The number of rotatable bonds is 0. The second kappa shape index (κ2) is 4.75. The van der Waals surface area contributed by atoms with Crippen molar-refractivity contribution in [2.24, 2.45) is 0 Å². The van der Waals surface area contributed by atoms with Crippen molar-refractivity contribution < 1.29 is 0 Å². The molecule has 4 aromatic rings. The highest BCUT2D eigenvalue weighted by atomic mass is 127. The summed E-state index contributed by atoms with van der Waals surface area (Å²) in [7, 11) is 0. The van der Waals surface area contributed by atoms with Gasteiger partial charge in [0.1, 0.15) is 9.22 Å².